The minimum Gasteiger partial charge on any atom is -0.496 e. The maximum Gasteiger partial charge on any atom is 0.256 e. The first-order valence-corrected chi connectivity index (χ1v) is 10.1. The van der Waals surface area contributed by atoms with Crippen LogP contribution in [0.25, 0.3) is 10.2 Å². The molecule has 0 spiro atoms. The molecule has 6 nitrogen and oxygen atoms in total. The van der Waals surface area contributed by atoms with Crippen molar-refractivity contribution in [2.45, 2.75) is 31.2 Å². The maximum atomic E-state index is 12.0. The first-order chi connectivity index (χ1) is 13.6. The third-order valence-corrected chi connectivity index (χ3v) is 6.31. The van der Waals surface area contributed by atoms with Gasteiger partial charge in [-0.25, -0.2) is 4.98 Å². The molecule has 0 bridgehead atoms. The van der Waals surface area contributed by atoms with Gasteiger partial charge in [0.15, 0.2) is 5.13 Å². The van der Waals surface area contributed by atoms with Gasteiger partial charge in [0.2, 0.25) is 0 Å². The first kappa shape index (κ1) is 18.6. The Balaban J connectivity index is 1.68. The Labute approximate surface area is 167 Å². The van der Waals surface area contributed by atoms with E-state index in [1.54, 1.807) is 24.5 Å². The molecule has 0 unspecified atom stereocenters. The predicted molar refractivity (Wildman–Crippen MR) is 112 cm³/mol. The number of rotatable bonds is 6. The number of ether oxygens (including phenoxy) is 2. The van der Waals surface area contributed by atoms with E-state index in [0.29, 0.717) is 17.1 Å². The van der Waals surface area contributed by atoms with E-state index in [0.717, 1.165) is 40.2 Å². The van der Waals surface area contributed by atoms with E-state index in [1.165, 1.54) is 7.11 Å². The molecule has 3 N–H and O–H groups in total. The lowest BCUT2D eigenvalue weighted by Gasteiger charge is -2.24. The number of para-hydroxylation sites is 1. The predicted octanol–water partition coefficient (Wildman–Crippen LogP) is 4.16. The molecule has 4 rings (SSSR count). The summed E-state index contributed by atoms with van der Waals surface area (Å²) in [5, 5.41) is 4.53. The molecule has 7 heteroatoms. The molecule has 1 saturated carbocycles. The molecule has 2 atom stereocenters. The third-order valence-electron chi connectivity index (χ3n) is 5.34. The number of nitrogens with two attached hydrogens (primary N) is 1. The van der Waals surface area contributed by atoms with Gasteiger partial charge in [-0.05, 0) is 31.0 Å². The van der Waals surface area contributed by atoms with Gasteiger partial charge < -0.3 is 20.5 Å². The quantitative estimate of drug-likeness (QED) is 0.652. The van der Waals surface area contributed by atoms with Crippen LogP contribution in [0.5, 0.6) is 11.5 Å². The summed E-state index contributed by atoms with van der Waals surface area (Å²) < 4.78 is 12.1. The minimum atomic E-state index is -0.552. The summed E-state index contributed by atoms with van der Waals surface area (Å²) in [6.45, 7) is 0. The van der Waals surface area contributed by atoms with Crippen molar-refractivity contribution in [2.24, 2.45) is 5.73 Å². The summed E-state index contributed by atoms with van der Waals surface area (Å²) in [5.41, 5.74) is 7.89. The molecule has 1 fully saturated rings. The Morgan fingerprint density at radius 1 is 1.18 bits per heavy atom. The second kappa shape index (κ2) is 7.67. The number of thiazole rings is 1. The number of amides is 1. The largest absolute Gasteiger partial charge is 0.496 e. The lowest BCUT2D eigenvalue weighted by atomic mass is 9.91. The highest BCUT2D eigenvalue weighted by Crippen LogP contribution is 2.44. The highest BCUT2D eigenvalue weighted by atomic mass is 32.1. The van der Waals surface area contributed by atoms with Gasteiger partial charge in [0, 0.05) is 17.5 Å². The number of nitrogens with zero attached hydrogens (tertiary/aromatic N) is 1. The summed E-state index contributed by atoms with van der Waals surface area (Å²) in [6.07, 6.45) is 3.12. The average molecular weight is 398 g/mol. The molecule has 1 aliphatic carbocycles. The lowest BCUT2D eigenvalue weighted by Crippen LogP contribution is -2.24. The number of carbonyl (C=O) groups is 1. The SMILES string of the molecule is COc1ccc([C@@H]2CCC[C@H]2Nc2nc3ccccc3s2)c(OC)c1C(N)=O. The van der Waals surface area contributed by atoms with Crippen LogP contribution in [0.4, 0.5) is 5.13 Å². The smallest absolute Gasteiger partial charge is 0.256 e. The highest BCUT2D eigenvalue weighted by molar-refractivity contribution is 7.22. The van der Waals surface area contributed by atoms with E-state index in [4.69, 9.17) is 20.2 Å². The number of anilines is 1. The van der Waals surface area contributed by atoms with Crippen molar-refractivity contribution >= 4 is 32.6 Å². The molecule has 28 heavy (non-hydrogen) atoms. The van der Waals surface area contributed by atoms with Crippen molar-refractivity contribution in [3.63, 3.8) is 0 Å². The van der Waals surface area contributed by atoms with E-state index in [2.05, 4.69) is 11.4 Å². The summed E-state index contributed by atoms with van der Waals surface area (Å²) >= 11 is 1.66. The van der Waals surface area contributed by atoms with Crippen molar-refractivity contribution < 1.29 is 14.3 Å². The number of nitrogens with one attached hydrogen (secondary N) is 1. The molecule has 1 aliphatic rings. The monoisotopic (exact) mass is 397 g/mol. The van der Waals surface area contributed by atoms with Gasteiger partial charge in [0.05, 0.1) is 24.4 Å². The molecule has 0 radical (unpaired) electrons. The van der Waals surface area contributed by atoms with E-state index in [-0.39, 0.29) is 12.0 Å². The molecule has 0 saturated heterocycles. The Morgan fingerprint density at radius 2 is 2.00 bits per heavy atom. The van der Waals surface area contributed by atoms with Crippen LogP contribution in [-0.4, -0.2) is 31.2 Å². The van der Waals surface area contributed by atoms with Crippen molar-refractivity contribution in [3.8, 4) is 11.5 Å². The van der Waals surface area contributed by atoms with Gasteiger partial charge >= 0.3 is 0 Å². The van der Waals surface area contributed by atoms with Gasteiger partial charge in [0.1, 0.15) is 17.1 Å². The van der Waals surface area contributed by atoms with E-state index in [9.17, 15) is 4.79 Å². The Morgan fingerprint density at radius 3 is 2.71 bits per heavy atom. The molecule has 3 aromatic rings. The number of fused-ring (bicyclic) bond motifs is 1. The third kappa shape index (κ3) is 3.26. The number of benzene rings is 2. The zero-order chi connectivity index (χ0) is 19.7. The number of hydrogen-bond donors (Lipinski definition) is 2. The van der Waals surface area contributed by atoms with Gasteiger partial charge in [-0.2, -0.15) is 0 Å². The number of methoxy groups -OCH3 is 2. The van der Waals surface area contributed by atoms with Crippen LogP contribution < -0.4 is 20.5 Å². The summed E-state index contributed by atoms with van der Waals surface area (Å²) in [7, 11) is 3.09. The summed E-state index contributed by atoms with van der Waals surface area (Å²) in [4.78, 5) is 16.7. The zero-order valence-electron chi connectivity index (χ0n) is 15.9. The zero-order valence-corrected chi connectivity index (χ0v) is 16.7. The molecular weight excluding hydrogens is 374 g/mol. The van der Waals surface area contributed by atoms with Crippen LogP contribution in [0.2, 0.25) is 0 Å². The molecule has 1 amide bonds. The fourth-order valence-electron chi connectivity index (χ4n) is 4.09. The van der Waals surface area contributed by atoms with Gasteiger partial charge in [-0.1, -0.05) is 36.0 Å². The number of aromatic nitrogens is 1. The van der Waals surface area contributed by atoms with E-state index in [1.807, 2.05) is 24.3 Å². The summed E-state index contributed by atoms with van der Waals surface area (Å²) in [6, 6.07) is 12.1. The van der Waals surface area contributed by atoms with Crippen LogP contribution >= 0.6 is 11.3 Å². The van der Waals surface area contributed by atoms with Crippen molar-refractivity contribution in [2.75, 3.05) is 19.5 Å². The van der Waals surface area contributed by atoms with Crippen molar-refractivity contribution in [3.05, 3.63) is 47.5 Å². The average Bonchev–Trinajstić information content (AvgIpc) is 3.32. The Bertz CT molecular complexity index is 984. The van der Waals surface area contributed by atoms with Gasteiger partial charge in [-0.15, -0.1) is 0 Å². The fourth-order valence-corrected chi connectivity index (χ4v) is 5.02. The molecular formula is C21H23N3O3S. The second-order valence-corrected chi connectivity index (χ2v) is 7.94. The lowest BCUT2D eigenvalue weighted by molar-refractivity contribution is 0.0994. The Hall–Kier alpha value is -2.80. The molecule has 2 aromatic carbocycles. The van der Waals surface area contributed by atoms with Crippen LogP contribution in [0.1, 0.15) is 41.1 Å². The van der Waals surface area contributed by atoms with Crippen LogP contribution in [-0.2, 0) is 0 Å². The molecule has 1 heterocycles. The van der Waals surface area contributed by atoms with Crippen molar-refractivity contribution in [1.29, 1.82) is 0 Å². The van der Waals surface area contributed by atoms with Crippen molar-refractivity contribution in [1.82, 2.24) is 4.98 Å². The summed E-state index contributed by atoms with van der Waals surface area (Å²) in [5.74, 6) is 0.590. The molecule has 1 aromatic heterocycles. The number of primary amides is 1. The fraction of sp³-hybridized carbons (Fsp3) is 0.333. The maximum absolute atomic E-state index is 12.0. The second-order valence-electron chi connectivity index (χ2n) is 6.90. The van der Waals surface area contributed by atoms with Gasteiger partial charge in [-0.3, -0.25) is 4.79 Å². The number of hydrogen-bond acceptors (Lipinski definition) is 6. The minimum absolute atomic E-state index is 0.200. The van der Waals surface area contributed by atoms with Crippen LogP contribution in [0, 0.1) is 0 Å². The van der Waals surface area contributed by atoms with Crippen LogP contribution in [0.15, 0.2) is 36.4 Å². The topological polar surface area (TPSA) is 86.5 Å². The van der Waals surface area contributed by atoms with E-state index < -0.39 is 5.91 Å². The van der Waals surface area contributed by atoms with E-state index >= 15 is 0 Å². The number of carbonyl (C=O) groups excluding carboxylic acids is 1. The van der Waals surface area contributed by atoms with Gasteiger partial charge in [0.25, 0.3) is 5.91 Å². The normalized spacial score (nSPS) is 18.9. The molecule has 0 aliphatic heterocycles. The highest BCUT2D eigenvalue weighted by Gasteiger charge is 2.33. The standard InChI is InChI=1S/C21H23N3O3S/c1-26-16-11-10-13(19(27-2)18(16)20(22)25)12-6-5-8-14(12)23-21-24-15-7-3-4-9-17(15)28-21/h3-4,7,9-12,14H,5-6,8H2,1-2H3,(H2,22,25)(H,23,24)/t12-,14+/m0/s1. The van der Waals surface area contributed by atoms with Crippen LogP contribution in [0.3, 0.4) is 0 Å². The molecule has 146 valence electrons. The first-order valence-electron chi connectivity index (χ1n) is 9.29. The Kier molecular flexibility index (Phi) is 5.09.